The summed E-state index contributed by atoms with van der Waals surface area (Å²) in [7, 11) is 0. The fraction of sp³-hybridized carbons (Fsp3) is 0.385. The van der Waals surface area contributed by atoms with Crippen molar-refractivity contribution in [3.05, 3.63) is 29.8 Å². The lowest BCUT2D eigenvalue weighted by atomic mass is 10.2. The second kappa shape index (κ2) is 4.99. The first kappa shape index (κ1) is 11.6. The molecule has 0 bridgehead atoms. The SMILES string of the molecule is CC(=Nc1ccccc1C(=O)O)N1CCCC1. The van der Waals surface area contributed by atoms with Crippen LogP contribution in [-0.2, 0) is 0 Å². The number of benzene rings is 1. The number of carbonyl (C=O) groups is 1. The van der Waals surface area contributed by atoms with Crippen molar-refractivity contribution < 1.29 is 9.90 Å². The minimum atomic E-state index is -0.932. The molecule has 4 nitrogen and oxygen atoms in total. The van der Waals surface area contributed by atoms with Crippen molar-refractivity contribution in [1.82, 2.24) is 4.90 Å². The monoisotopic (exact) mass is 232 g/mol. The van der Waals surface area contributed by atoms with Crippen molar-refractivity contribution in [3.63, 3.8) is 0 Å². The number of likely N-dealkylation sites (tertiary alicyclic amines) is 1. The summed E-state index contributed by atoms with van der Waals surface area (Å²) < 4.78 is 0. The first-order valence-electron chi connectivity index (χ1n) is 5.81. The van der Waals surface area contributed by atoms with E-state index in [1.165, 1.54) is 12.8 Å². The zero-order valence-electron chi connectivity index (χ0n) is 9.89. The Bertz CT molecular complexity index is 448. The van der Waals surface area contributed by atoms with Gasteiger partial charge in [0.1, 0.15) is 5.84 Å². The second-order valence-electron chi connectivity index (χ2n) is 4.18. The molecule has 0 aliphatic carbocycles. The van der Waals surface area contributed by atoms with Gasteiger partial charge in [-0.2, -0.15) is 0 Å². The third-order valence-corrected chi connectivity index (χ3v) is 2.98. The van der Waals surface area contributed by atoms with Crippen LogP contribution in [0.4, 0.5) is 5.69 Å². The summed E-state index contributed by atoms with van der Waals surface area (Å²) in [5.74, 6) is -0.0326. The largest absolute Gasteiger partial charge is 0.478 e. The molecule has 17 heavy (non-hydrogen) atoms. The molecule has 0 amide bonds. The van der Waals surface area contributed by atoms with Crippen LogP contribution in [-0.4, -0.2) is 34.9 Å². The fourth-order valence-electron chi connectivity index (χ4n) is 2.04. The summed E-state index contributed by atoms with van der Waals surface area (Å²) >= 11 is 0. The molecule has 1 saturated heterocycles. The molecule has 0 atom stereocenters. The highest BCUT2D eigenvalue weighted by Crippen LogP contribution is 2.20. The Morgan fingerprint density at radius 1 is 1.29 bits per heavy atom. The van der Waals surface area contributed by atoms with Crippen molar-refractivity contribution in [2.75, 3.05) is 13.1 Å². The van der Waals surface area contributed by atoms with Crippen molar-refractivity contribution in [3.8, 4) is 0 Å². The van der Waals surface area contributed by atoms with E-state index in [1.807, 2.05) is 13.0 Å². The molecule has 1 N–H and O–H groups in total. The lowest BCUT2D eigenvalue weighted by Crippen LogP contribution is -2.24. The Morgan fingerprint density at radius 2 is 1.94 bits per heavy atom. The maximum Gasteiger partial charge on any atom is 0.337 e. The third kappa shape index (κ3) is 2.64. The van der Waals surface area contributed by atoms with E-state index in [9.17, 15) is 4.79 Å². The van der Waals surface area contributed by atoms with Gasteiger partial charge in [-0.3, -0.25) is 0 Å². The van der Waals surface area contributed by atoms with Crippen LogP contribution in [0.3, 0.4) is 0 Å². The number of aromatic carboxylic acids is 1. The molecule has 0 aromatic heterocycles. The van der Waals surface area contributed by atoms with E-state index < -0.39 is 5.97 Å². The van der Waals surface area contributed by atoms with Crippen LogP contribution in [0.1, 0.15) is 30.1 Å². The van der Waals surface area contributed by atoms with Gasteiger partial charge in [0.25, 0.3) is 0 Å². The first-order chi connectivity index (χ1) is 8.18. The molecular weight excluding hydrogens is 216 g/mol. The summed E-state index contributed by atoms with van der Waals surface area (Å²) in [6.07, 6.45) is 2.38. The molecule has 2 rings (SSSR count). The van der Waals surface area contributed by atoms with Crippen LogP contribution in [0.25, 0.3) is 0 Å². The van der Waals surface area contributed by atoms with Crippen LogP contribution in [0.2, 0.25) is 0 Å². The van der Waals surface area contributed by atoms with E-state index in [2.05, 4.69) is 9.89 Å². The third-order valence-electron chi connectivity index (χ3n) is 2.98. The molecule has 4 heteroatoms. The van der Waals surface area contributed by atoms with E-state index in [0.29, 0.717) is 5.69 Å². The lowest BCUT2D eigenvalue weighted by Gasteiger charge is -2.16. The fourth-order valence-corrected chi connectivity index (χ4v) is 2.04. The number of carboxylic acid groups (broad SMARTS) is 1. The van der Waals surface area contributed by atoms with Crippen molar-refractivity contribution in [1.29, 1.82) is 0 Å². The van der Waals surface area contributed by atoms with Gasteiger partial charge in [0, 0.05) is 13.1 Å². The average molecular weight is 232 g/mol. The summed E-state index contributed by atoms with van der Waals surface area (Å²) in [6.45, 7) is 3.97. The number of rotatable bonds is 2. The second-order valence-corrected chi connectivity index (χ2v) is 4.18. The number of aliphatic imine (C=N–C) groups is 1. The normalized spacial score (nSPS) is 16.3. The molecule has 1 aliphatic rings. The molecule has 0 saturated carbocycles. The summed E-state index contributed by atoms with van der Waals surface area (Å²) in [5.41, 5.74) is 0.787. The standard InChI is InChI=1S/C13H16N2O2/c1-10(15-8-4-5-9-15)14-12-7-3-2-6-11(12)13(16)17/h2-3,6-7H,4-5,8-9H2,1H3,(H,16,17). The van der Waals surface area contributed by atoms with E-state index in [1.54, 1.807) is 18.2 Å². The number of hydrogen-bond acceptors (Lipinski definition) is 2. The minimum absolute atomic E-state index is 0.256. The van der Waals surface area contributed by atoms with Gasteiger partial charge >= 0.3 is 5.97 Å². The highest BCUT2D eigenvalue weighted by molar-refractivity contribution is 5.95. The van der Waals surface area contributed by atoms with E-state index in [-0.39, 0.29) is 5.56 Å². The predicted octanol–water partition coefficient (Wildman–Crippen LogP) is 2.53. The van der Waals surface area contributed by atoms with Gasteiger partial charge in [-0.1, -0.05) is 12.1 Å². The predicted molar refractivity (Wildman–Crippen MR) is 67.0 cm³/mol. The van der Waals surface area contributed by atoms with Gasteiger partial charge in [0.2, 0.25) is 0 Å². The highest BCUT2D eigenvalue weighted by atomic mass is 16.4. The van der Waals surface area contributed by atoms with Crippen molar-refractivity contribution >= 4 is 17.5 Å². The minimum Gasteiger partial charge on any atom is -0.478 e. The van der Waals surface area contributed by atoms with E-state index >= 15 is 0 Å². The topological polar surface area (TPSA) is 52.9 Å². The molecule has 90 valence electrons. The Morgan fingerprint density at radius 3 is 2.59 bits per heavy atom. The zero-order valence-corrected chi connectivity index (χ0v) is 9.89. The summed E-state index contributed by atoms with van der Waals surface area (Å²) in [4.78, 5) is 17.7. The quantitative estimate of drug-likeness (QED) is 0.629. The summed E-state index contributed by atoms with van der Waals surface area (Å²) in [6, 6.07) is 6.84. The Hall–Kier alpha value is -1.84. The molecule has 0 radical (unpaired) electrons. The molecule has 1 aromatic carbocycles. The smallest absolute Gasteiger partial charge is 0.337 e. The van der Waals surface area contributed by atoms with Crippen LogP contribution < -0.4 is 0 Å². The highest BCUT2D eigenvalue weighted by Gasteiger charge is 2.14. The molecule has 0 unspecified atom stereocenters. The van der Waals surface area contributed by atoms with Gasteiger partial charge in [-0.25, -0.2) is 9.79 Å². The number of hydrogen-bond donors (Lipinski definition) is 1. The molecule has 0 spiro atoms. The average Bonchev–Trinajstić information content (AvgIpc) is 2.83. The lowest BCUT2D eigenvalue weighted by molar-refractivity contribution is 0.0698. The van der Waals surface area contributed by atoms with Crippen LogP contribution >= 0.6 is 0 Å². The van der Waals surface area contributed by atoms with Gasteiger partial charge in [0.15, 0.2) is 0 Å². The Balaban J connectivity index is 2.27. The Labute approximate surface area is 101 Å². The Kier molecular flexibility index (Phi) is 3.42. The van der Waals surface area contributed by atoms with Gasteiger partial charge in [-0.15, -0.1) is 0 Å². The van der Waals surface area contributed by atoms with E-state index in [4.69, 9.17) is 5.11 Å². The number of amidine groups is 1. The number of carboxylic acids is 1. The number of para-hydroxylation sites is 1. The van der Waals surface area contributed by atoms with Crippen LogP contribution in [0.15, 0.2) is 29.3 Å². The number of nitrogens with zero attached hydrogens (tertiary/aromatic N) is 2. The maximum atomic E-state index is 11.0. The van der Waals surface area contributed by atoms with Crippen LogP contribution in [0, 0.1) is 0 Å². The maximum absolute atomic E-state index is 11.0. The molecule has 1 fully saturated rings. The molecule has 1 aliphatic heterocycles. The van der Waals surface area contributed by atoms with Gasteiger partial charge < -0.3 is 10.0 Å². The van der Waals surface area contributed by atoms with Crippen molar-refractivity contribution in [2.45, 2.75) is 19.8 Å². The van der Waals surface area contributed by atoms with Gasteiger partial charge in [0.05, 0.1) is 11.3 Å². The molecule has 1 aromatic rings. The zero-order chi connectivity index (χ0) is 12.3. The van der Waals surface area contributed by atoms with Crippen molar-refractivity contribution in [2.24, 2.45) is 4.99 Å². The molecule has 1 heterocycles. The molecular formula is C13H16N2O2. The first-order valence-corrected chi connectivity index (χ1v) is 5.81. The van der Waals surface area contributed by atoms with Gasteiger partial charge in [-0.05, 0) is 31.9 Å². The summed E-state index contributed by atoms with van der Waals surface area (Å²) in [5, 5.41) is 9.06. The van der Waals surface area contributed by atoms with E-state index in [0.717, 1.165) is 18.9 Å². The van der Waals surface area contributed by atoms with Crippen LogP contribution in [0.5, 0.6) is 0 Å².